The summed E-state index contributed by atoms with van der Waals surface area (Å²) in [7, 11) is 0. The summed E-state index contributed by atoms with van der Waals surface area (Å²) < 4.78 is 12.0. The van der Waals surface area contributed by atoms with Crippen molar-refractivity contribution < 1.29 is 4.39 Å². The lowest BCUT2D eigenvalue weighted by molar-refractivity contribution is 0.684. The zero-order valence-corrected chi connectivity index (χ0v) is 4.76. The maximum Gasteiger partial charge on any atom is 0.137 e. The lowest BCUT2D eigenvalue weighted by Crippen LogP contribution is -1.69. The van der Waals surface area contributed by atoms with Crippen LogP contribution in [0.2, 0.25) is 0 Å². The molecule has 0 bridgehead atoms. The highest BCUT2D eigenvalue weighted by Gasteiger charge is 1.78. The first-order valence-corrected chi connectivity index (χ1v) is 2.27. The van der Waals surface area contributed by atoms with Crippen LogP contribution in [-0.4, -0.2) is 6.21 Å². The zero-order valence-electron chi connectivity index (χ0n) is 4.76. The number of nitrogens with zero attached hydrogens (tertiary/aromatic N) is 1. The summed E-state index contributed by atoms with van der Waals surface area (Å²) in [6, 6.07) is 0. The van der Waals surface area contributed by atoms with E-state index in [0.29, 0.717) is 0 Å². The Hall–Kier alpha value is -0.920. The molecule has 0 aromatic rings. The molecule has 44 valence electrons. The van der Waals surface area contributed by atoms with Crippen LogP contribution in [0, 0.1) is 0 Å². The molecule has 0 aromatic carbocycles. The second-order valence-electron chi connectivity index (χ2n) is 1.13. The van der Waals surface area contributed by atoms with Gasteiger partial charge >= 0.3 is 0 Å². The van der Waals surface area contributed by atoms with E-state index >= 15 is 0 Å². The molecule has 2 heteroatoms. The van der Waals surface area contributed by atoms with Crippen molar-refractivity contribution in [2.45, 2.75) is 6.92 Å². The van der Waals surface area contributed by atoms with Gasteiger partial charge in [-0.05, 0) is 6.92 Å². The molecule has 0 unspecified atom stereocenters. The molecule has 0 spiro atoms. The second kappa shape index (κ2) is 4.24. The van der Waals surface area contributed by atoms with Crippen LogP contribution in [0.4, 0.5) is 4.39 Å². The number of hydrogen-bond donors (Lipinski definition) is 0. The van der Waals surface area contributed by atoms with Crippen LogP contribution in [0.3, 0.4) is 0 Å². The fraction of sp³-hybridized carbons (Fsp3) is 0.167. The van der Waals surface area contributed by atoms with Gasteiger partial charge in [-0.3, -0.25) is 4.99 Å². The third-order valence-electron chi connectivity index (χ3n) is 0.579. The zero-order chi connectivity index (χ0) is 6.41. The highest BCUT2D eigenvalue weighted by molar-refractivity contribution is 5.75. The van der Waals surface area contributed by atoms with Gasteiger partial charge in [0.15, 0.2) is 0 Å². The van der Waals surface area contributed by atoms with Crippen molar-refractivity contribution >= 4 is 6.21 Å². The predicted molar refractivity (Wildman–Crippen MR) is 33.6 cm³/mol. The molecule has 0 aromatic heterocycles. The fourth-order valence-electron chi connectivity index (χ4n) is 0.198. The van der Waals surface area contributed by atoms with Crippen LogP contribution in [0.15, 0.2) is 29.7 Å². The standard InChI is InChI=1S/C6H8FN/c1-3-6(7)5-8-4-2/h3-5H,2H2,1H3/b6-3-,8-5?. The van der Waals surface area contributed by atoms with Crippen LogP contribution in [0.5, 0.6) is 0 Å². The average Bonchev–Trinajstić information content (AvgIpc) is 1.83. The van der Waals surface area contributed by atoms with Gasteiger partial charge in [0.05, 0.1) is 6.21 Å². The molecule has 0 atom stereocenters. The van der Waals surface area contributed by atoms with Gasteiger partial charge in [0.2, 0.25) is 0 Å². The van der Waals surface area contributed by atoms with Crippen molar-refractivity contribution in [2.24, 2.45) is 4.99 Å². The lowest BCUT2D eigenvalue weighted by Gasteiger charge is -1.76. The topological polar surface area (TPSA) is 12.4 Å². The SMILES string of the molecule is C=CN=C/C(F)=C/C. The lowest BCUT2D eigenvalue weighted by atomic mass is 10.5. The molecule has 0 rings (SSSR count). The average molecular weight is 113 g/mol. The number of hydrogen-bond acceptors (Lipinski definition) is 1. The van der Waals surface area contributed by atoms with E-state index in [2.05, 4.69) is 11.6 Å². The summed E-state index contributed by atoms with van der Waals surface area (Å²) in [5, 5.41) is 0. The summed E-state index contributed by atoms with van der Waals surface area (Å²) in [6.45, 7) is 4.88. The first kappa shape index (κ1) is 7.08. The molecule has 0 N–H and O–H groups in total. The Kier molecular flexibility index (Phi) is 3.76. The Morgan fingerprint density at radius 2 is 2.38 bits per heavy atom. The fourth-order valence-corrected chi connectivity index (χ4v) is 0.198. The molecular formula is C6H8FN. The third-order valence-corrected chi connectivity index (χ3v) is 0.579. The number of aliphatic imine (C=N–C) groups is 1. The molecule has 0 saturated carbocycles. The van der Waals surface area contributed by atoms with E-state index in [1.807, 2.05) is 0 Å². The molecule has 0 aliphatic rings. The van der Waals surface area contributed by atoms with Gasteiger partial charge in [-0.1, -0.05) is 12.7 Å². The summed E-state index contributed by atoms with van der Waals surface area (Å²) in [5.74, 6) is -0.343. The van der Waals surface area contributed by atoms with E-state index in [9.17, 15) is 4.39 Å². The summed E-state index contributed by atoms with van der Waals surface area (Å²) >= 11 is 0. The number of allylic oxidation sites excluding steroid dienone is 2. The number of halogens is 1. The van der Waals surface area contributed by atoms with E-state index in [1.54, 1.807) is 6.92 Å². The van der Waals surface area contributed by atoms with Crippen molar-refractivity contribution in [2.75, 3.05) is 0 Å². The van der Waals surface area contributed by atoms with Crippen molar-refractivity contribution in [3.8, 4) is 0 Å². The quantitative estimate of drug-likeness (QED) is 0.486. The largest absolute Gasteiger partial charge is 0.262 e. The Labute approximate surface area is 48.2 Å². The molecule has 0 aliphatic carbocycles. The Bertz CT molecular complexity index is 124. The predicted octanol–water partition coefficient (Wildman–Crippen LogP) is 2.07. The van der Waals surface area contributed by atoms with E-state index in [0.717, 1.165) is 6.21 Å². The van der Waals surface area contributed by atoms with Crippen LogP contribution < -0.4 is 0 Å². The van der Waals surface area contributed by atoms with Crippen LogP contribution in [-0.2, 0) is 0 Å². The molecule has 1 nitrogen and oxygen atoms in total. The van der Waals surface area contributed by atoms with Gasteiger partial charge < -0.3 is 0 Å². The van der Waals surface area contributed by atoms with E-state index in [1.165, 1.54) is 12.3 Å². The van der Waals surface area contributed by atoms with Crippen LogP contribution in [0.1, 0.15) is 6.92 Å². The van der Waals surface area contributed by atoms with Gasteiger partial charge in [0, 0.05) is 6.20 Å². The maximum absolute atomic E-state index is 12.0. The molecule has 0 amide bonds. The normalized spacial score (nSPS) is 12.5. The van der Waals surface area contributed by atoms with Crippen molar-refractivity contribution in [1.82, 2.24) is 0 Å². The van der Waals surface area contributed by atoms with Crippen LogP contribution in [0.25, 0.3) is 0 Å². The smallest absolute Gasteiger partial charge is 0.137 e. The monoisotopic (exact) mass is 113 g/mol. The minimum atomic E-state index is -0.343. The van der Waals surface area contributed by atoms with Crippen molar-refractivity contribution in [3.63, 3.8) is 0 Å². The maximum atomic E-state index is 12.0. The Morgan fingerprint density at radius 3 is 2.75 bits per heavy atom. The van der Waals surface area contributed by atoms with Gasteiger partial charge in [-0.25, -0.2) is 4.39 Å². The molecule has 0 radical (unpaired) electrons. The first-order valence-electron chi connectivity index (χ1n) is 2.27. The molecule has 0 heterocycles. The molecule has 0 saturated heterocycles. The van der Waals surface area contributed by atoms with Crippen molar-refractivity contribution in [3.05, 3.63) is 24.7 Å². The highest BCUT2D eigenvalue weighted by atomic mass is 19.1. The summed E-state index contributed by atoms with van der Waals surface area (Å²) in [5.41, 5.74) is 0. The molecular weight excluding hydrogens is 105 g/mol. The van der Waals surface area contributed by atoms with Gasteiger partial charge in [-0.2, -0.15) is 0 Å². The molecule has 0 fully saturated rings. The van der Waals surface area contributed by atoms with Gasteiger partial charge in [0.1, 0.15) is 5.83 Å². The minimum Gasteiger partial charge on any atom is -0.262 e. The van der Waals surface area contributed by atoms with E-state index in [4.69, 9.17) is 0 Å². The summed E-state index contributed by atoms with van der Waals surface area (Å²) in [4.78, 5) is 3.44. The molecule has 8 heavy (non-hydrogen) atoms. The van der Waals surface area contributed by atoms with Crippen molar-refractivity contribution in [1.29, 1.82) is 0 Å². The summed E-state index contributed by atoms with van der Waals surface area (Å²) in [6.07, 6.45) is 3.71. The molecule has 0 aliphatic heterocycles. The first-order chi connectivity index (χ1) is 3.81. The van der Waals surface area contributed by atoms with Gasteiger partial charge in [-0.15, -0.1) is 0 Å². The third kappa shape index (κ3) is 3.28. The number of rotatable bonds is 2. The van der Waals surface area contributed by atoms with Crippen LogP contribution >= 0.6 is 0 Å². The Balaban J connectivity index is 3.69. The van der Waals surface area contributed by atoms with E-state index < -0.39 is 0 Å². The van der Waals surface area contributed by atoms with E-state index in [-0.39, 0.29) is 5.83 Å². The Morgan fingerprint density at radius 1 is 1.75 bits per heavy atom. The highest BCUT2D eigenvalue weighted by Crippen LogP contribution is 1.88. The van der Waals surface area contributed by atoms with Gasteiger partial charge in [0.25, 0.3) is 0 Å². The minimum absolute atomic E-state index is 0.343. The second-order valence-corrected chi connectivity index (χ2v) is 1.13.